The zero-order valence-corrected chi connectivity index (χ0v) is 11.0. The summed E-state index contributed by atoms with van der Waals surface area (Å²) in [5.74, 6) is 0.631. The number of hydrogen-bond acceptors (Lipinski definition) is 5. The molecule has 0 aliphatic carbocycles. The van der Waals surface area contributed by atoms with Gasteiger partial charge in [-0.2, -0.15) is 0 Å². The second-order valence-corrected chi connectivity index (χ2v) is 4.88. The first kappa shape index (κ1) is 12.5. The molecular formula is C12H13N3O2S. The normalized spacial score (nSPS) is 10.1. The Morgan fingerprint density at radius 2 is 2.28 bits per heavy atom. The van der Waals surface area contributed by atoms with Crippen molar-refractivity contribution in [3.05, 3.63) is 34.8 Å². The number of benzene rings is 1. The van der Waals surface area contributed by atoms with Gasteiger partial charge in [-0.1, -0.05) is 23.5 Å². The van der Waals surface area contributed by atoms with Crippen LogP contribution in [0.3, 0.4) is 0 Å². The zero-order chi connectivity index (χ0) is 13.0. The fourth-order valence-corrected chi connectivity index (χ4v) is 2.09. The molecule has 0 fully saturated rings. The van der Waals surface area contributed by atoms with E-state index in [1.807, 2.05) is 31.2 Å². The number of nitrogens with one attached hydrogen (secondary N) is 1. The van der Waals surface area contributed by atoms with Crippen LogP contribution in [-0.4, -0.2) is 23.2 Å². The second-order valence-electron chi connectivity index (χ2n) is 3.70. The average Bonchev–Trinajstić information content (AvgIpc) is 2.74. The van der Waals surface area contributed by atoms with Crippen molar-refractivity contribution in [2.24, 2.45) is 0 Å². The number of amides is 1. The largest absolute Gasteiger partial charge is 0.497 e. The maximum atomic E-state index is 11.8. The van der Waals surface area contributed by atoms with Gasteiger partial charge in [0, 0.05) is 0 Å². The summed E-state index contributed by atoms with van der Waals surface area (Å²) >= 11 is 1.36. The van der Waals surface area contributed by atoms with E-state index in [0.717, 1.165) is 16.3 Å². The molecule has 5 nitrogen and oxygen atoms in total. The molecule has 0 atom stereocenters. The van der Waals surface area contributed by atoms with Gasteiger partial charge in [0.25, 0.3) is 0 Å². The van der Waals surface area contributed by atoms with Crippen molar-refractivity contribution < 1.29 is 9.53 Å². The quantitative estimate of drug-likeness (QED) is 0.916. The van der Waals surface area contributed by atoms with Crippen LogP contribution in [-0.2, 0) is 11.2 Å². The first-order valence-corrected chi connectivity index (χ1v) is 6.22. The van der Waals surface area contributed by atoms with Crippen LogP contribution < -0.4 is 10.1 Å². The SMILES string of the molecule is COc1cccc(CC(=O)Nc2nnc(C)s2)c1. The number of methoxy groups -OCH3 is 1. The second kappa shape index (κ2) is 5.59. The summed E-state index contributed by atoms with van der Waals surface area (Å²) in [6.45, 7) is 1.84. The monoisotopic (exact) mass is 263 g/mol. The third kappa shape index (κ3) is 3.27. The molecule has 1 N–H and O–H groups in total. The number of rotatable bonds is 4. The van der Waals surface area contributed by atoms with Crippen molar-refractivity contribution >= 4 is 22.4 Å². The minimum Gasteiger partial charge on any atom is -0.497 e. The van der Waals surface area contributed by atoms with Gasteiger partial charge in [-0.15, -0.1) is 10.2 Å². The topological polar surface area (TPSA) is 64.1 Å². The van der Waals surface area contributed by atoms with E-state index in [1.54, 1.807) is 7.11 Å². The molecule has 1 amide bonds. The summed E-state index contributed by atoms with van der Waals surface area (Å²) in [7, 11) is 1.60. The molecule has 94 valence electrons. The molecule has 0 aliphatic heterocycles. The van der Waals surface area contributed by atoms with Crippen molar-refractivity contribution in [2.75, 3.05) is 12.4 Å². The Bertz CT molecular complexity index is 554. The lowest BCUT2D eigenvalue weighted by molar-refractivity contribution is -0.115. The van der Waals surface area contributed by atoms with E-state index < -0.39 is 0 Å². The van der Waals surface area contributed by atoms with Gasteiger partial charge in [-0.25, -0.2) is 0 Å². The van der Waals surface area contributed by atoms with Gasteiger partial charge in [0.05, 0.1) is 13.5 Å². The van der Waals surface area contributed by atoms with Gasteiger partial charge in [0.1, 0.15) is 10.8 Å². The summed E-state index contributed by atoms with van der Waals surface area (Å²) in [4.78, 5) is 11.8. The summed E-state index contributed by atoms with van der Waals surface area (Å²) in [5.41, 5.74) is 0.896. The van der Waals surface area contributed by atoms with Crippen LogP contribution in [0.2, 0.25) is 0 Å². The lowest BCUT2D eigenvalue weighted by atomic mass is 10.1. The van der Waals surface area contributed by atoms with Crippen LogP contribution in [0.5, 0.6) is 5.75 Å². The highest BCUT2D eigenvalue weighted by Crippen LogP contribution is 2.16. The highest BCUT2D eigenvalue weighted by molar-refractivity contribution is 7.15. The summed E-state index contributed by atoms with van der Waals surface area (Å²) in [6.07, 6.45) is 0.288. The Labute approximate surface area is 109 Å². The molecule has 0 bridgehead atoms. The van der Waals surface area contributed by atoms with Crippen LogP contribution in [0, 0.1) is 6.92 Å². The lowest BCUT2D eigenvalue weighted by Crippen LogP contribution is -2.14. The minimum absolute atomic E-state index is 0.112. The predicted molar refractivity (Wildman–Crippen MR) is 70.0 cm³/mol. The van der Waals surface area contributed by atoms with E-state index in [9.17, 15) is 4.79 Å². The molecule has 1 aromatic heterocycles. The summed E-state index contributed by atoms with van der Waals surface area (Å²) in [6, 6.07) is 7.42. The van der Waals surface area contributed by atoms with Crippen LogP contribution in [0.4, 0.5) is 5.13 Å². The zero-order valence-electron chi connectivity index (χ0n) is 10.1. The van der Waals surface area contributed by atoms with Crippen molar-refractivity contribution in [1.29, 1.82) is 0 Å². The maximum absolute atomic E-state index is 11.8. The van der Waals surface area contributed by atoms with Gasteiger partial charge >= 0.3 is 0 Å². The molecule has 0 saturated heterocycles. The van der Waals surface area contributed by atoms with E-state index in [-0.39, 0.29) is 12.3 Å². The molecule has 6 heteroatoms. The van der Waals surface area contributed by atoms with Crippen LogP contribution in [0.25, 0.3) is 0 Å². The molecule has 18 heavy (non-hydrogen) atoms. The Hall–Kier alpha value is -1.95. The molecular weight excluding hydrogens is 250 g/mol. The summed E-state index contributed by atoms with van der Waals surface area (Å²) in [5, 5.41) is 11.7. The van der Waals surface area contributed by atoms with Crippen LogP contribution in [0.15, 0.2) is 24.3 Å². The van der Waals surface area contributed by atoms with Crippen LogP contribution in [0.1, 0.15) is 10.6 Å². The van der Waals surface area contributed by atoms with Crippen molar-refractivity contribution in [2.45, 2.75) is 13.3 Å². The molecule has 0 aliphatic rings. The van der Waals surface area contributed by atoms with Gasteiger partial charge in [-0.3, -0.25) is 4.79 Å². The Balaban J connectivity index is 1.98. The molecule has 0 saturated carbocycles. The molecule has 0 spiro atoms. The molecule has 1 aromatic carbocycles. The van der Waals surface area contributed by atoms with Crippen molar-refractivity contribution in [3.63, 3.8) is 0 Å². The third-order valence-corrected chi connectivity index (χ3v) is 3.03. The van der Waals surface area contributed by atoms with Crippen molar-refractivity contribution in [3.8, 4) is 5.75 Å². The number of anilines is 1. The number of nitrogens with zero attached hydrogens (tertiary/aromatic N) is 2. The van der Waals surface area contributed by atoms with Gasteiger partial charge < -0.3 is 10.1 Å². The Morgan fingerprint density at radius 1 is 1.44 bits per heavy atom. The van der Waals surface area contributed by atoms with Gasteiger partial charge in [0.2, 0.25) is 11.0 Å². The molecule has 1 heterocycles. The predicted octanol–water partition coefficient (Wildman–Crippen LogP) is 2.04. The molecule has 0 unspecified atom stereocenters. The van der Waals surface area contributed by atoms with E-state index in [4.69, 9.17) is 4.74 Å². The minimum atomic E-state index is -0.112. The smallest absolute Gasteiger partial charge is 0.230 e. The van der Waals surface area contributed by atoms with Crippen molar-refractivity contribution in [1.82, 2.24) is 10.2 Å². The fourth-order valence-electron chi connectivity index (χ4n) is 1.48. The number of hydrogen-bond donors (Lipinski definition) is 1. The van der Waals surface area contributed by atoms with E-state index in [0.29, 0.717) is 5.13 Å². The lowest BCUT2D eigenvalue weighted by Gasteiger charge is -2.04. The molecule has 2 aromatic rings. The number of aryl methyl sites for hydroxylation is 1. The number of carbonyl (C=O) groups is 1. The first-order chi connectivity index (χ1) is 8.67. The first-order valence-electron chi connectivity index (χ1n) is 5.40. The maximum Gasteiger partial charge on any atom is 0.230 e. The third-order valence-electron chi connectivity index (χ3n) is 2.27. The van der Waals surface area contributed by atoms with E-state index >= 15 is 0 Å². The Kier molecular flexibility index (Phi) is 3.88. The standard InChI is InChI=1S/C12H13N3O2S/c1-8-14-15-12(18-8)13-11(16)7-9-4-3-5-10(6-9)17-2/h3-6H,7H2,1-2H3,(H,13,15,16). The molecule has 2 rings (SSSR count). The van der Waals surface area contributed by atoms with Crippen LogP contribution >= 0.6 is 11.3 Å². The highest BCUT2D eigenvalue weighted by Gasteiger charge is 2.07. The number of carbonyl (C=O) groups excluding carboxylic acids is 1. The highest BCUT2D eigenvalue weighted by atomic mass is 32.1. The fraction of sp³-hybridized carbons (Fsp3) is 0.250. The van der Waals surface area contributed by atoms with Gasteiger partial charge in [0.15, 0.2) is 0 Å². The number of ether oxygens (including phenoxy) is 1. The summed E-state index contributed by atoms with van der Waals surface area (Å²) < 4.78 is 5.11. The molecule has 0 radical (unpaired) electrons. The van der Waals surface area contributed by atoms with E-state index in [2.05, 4.69) is 15.5 Å². The average molecular weight is 263 g/mol. The van der Waals surface area contributed by atoms with Gasteiger partial charge in [-0.05, 0) is 24.6 Å². The number of aromatic nitrogens is 2. The van der Waals surface area contributed by atoms with E-state index in [1.165, 1.54) is 11.3 Å². The Morgan fingerprint density at radius 3 is 2.94 bits per heavy atom.